The highest BCUT2D eigenvalue weighted by Gasteiger charge is 2.20. The first-order valence-corrected chi connectivity index (χ1v) is 6.37. The summed E-state index contributed by atoms with van der Waals surface area (Å²) in [5.41, 5.74) is 1.28. The van der Waals surface area contributed by atoms with Crippen LogP contribution in [-0.4, -0.2) is 19.6 Å². The molecule has 0 spiro atoms. The van der Waals surface area contributed by atoms with Gasteiger partial charge in [-0.05, 0) is 17.9 Å². The molecule has 1 aromatic rings. The van der Waals surface area contributed by atoms with Gasteiger partial charge in [-0.25, -0.2) is 0 Å². The van der Waals surface area contributed by atoms with Crippen LogP contribution in [0, 0.1) is 5.92 Å². The van der Waals surface area contributed by atoms with E-state index in [1.54, 1.807) is 0 Å². The van der Waals surface area contributed by atoms with Crippen LogP contribution in [-0.2, 0) is 6.54 Å². The van der Waals surface area contributed by atoms with E-state index in [4.69, 9.17) is 0 Å². The van der Waals surface area contributed by atoms with Crippen molar-refractivity contribution < 1.29 is 0 Å². The van der Waals surface area contributed by atoms with Crippen LogP contribution < -0.4 is 10.6 Å². The SMILES string of the molecule is CN=C(NCCC1CC1)NCc1ccccc1.I. The molecule has 0 saturated heterocycles. The van der Waals surface area contributed by atoms with Gasteiger partial charge in [-0.3, -0.25) is 4.99 Å². The van der Waals surface area contributed by atoms with Gasteiger partial charge in [0.15, 0.2) is 5.96 Å². The minimum absolute atomic E-state index is 0. The molecule has 100 valence electrons. The number of hydrogen-bond donors (Lipinski definition) is 2. The number of rotatable bonds is 5. The van der Waals surface area contributed by atoms with Crippen LogP contribution in [0.25, 0.3) is 0 Å². The Balaban J connectivity index is 0.00000162. The molecule has 0 aliphatic heterocycles. The van der Waals surface area contributed by atoms with E-state index in [0.29, 0.717) is 0 Å². The average molecular weight is 359 g/mol. The summed E-state index contributed by atoms with van der Waals surface area (Å²) in [7, 11) is 1.82. The molecule has 0 bridgehead atoms. The molecule has 0 radical (unpaired) electrons. The van der Waals surface area contributed by atoms with E-state index in [0.717, 1.165) is 25.0 Å². The van der Waals surface area contributed by atoms with Gasteiger partial charge in [0.25, 0.3) is 0 Å². The summed E-state index contributed by atoms with van der Waals surface area (Å²) in [5.74, 6) is 1.87. The van der Waals surface area contributed by atoms with Crippen LogP contribution in [0.2, 0.25) is 0 Å². The van der Waals surface area contributed by atoms with E-state index in [2.05, 4.69) is 39.9 Å². The Morgan fingerprint density at radius 3 is 2.56 bits per heavy atom. The summed E-state index contributed by atoms with van der Waals surface area (Å²) < 4.78 is 0. The highest BCUT2D eigenvalue weighted by molar-refractivity contribution is 14.0. The first-order valence-electron chi connectivity index (χ1n) is 6.37. The van der Waals surface area contributed by atoms with E-state index in [-0.39, 0.29) is 24.0 Å². The molecular formula is C14H22IN3. The van der Waals surface area contributed by atoms with E-state index in [1.807, 2.05) is 13.1 Å². The maximum atomic E-state index is 4.21. The predicted molar refractivity (Wildman–Crippen MR) is 87.4 cm³/mol. The molecule has 1 saturated carbocycles. The Morgan fingerprint density at radius 1 is 1.22 bits per heavy atom. The third kappa shape index (κ3) is 5.71. The lowest BCUT2D eigenvalue weighted by Crippen LogP contribution is -2.37. The van der Waals surface area contributed by atoms with Crippen molar-refractivity contribution in [3.8, 4) is 0 Å². The predicted octanol–water partition coefficient (Wildman–Crippen LogP) is 2.77. The zero-order valence-corrected chi connectivity index (χ0v) is 13.2. The number of nitrogens with one attached hydrogen (secondary N) is 2. The molecule has 3 nitrogen and oxygen atoms in total. The maximum Gasteiger partial charge on any atom is 0.191 e. The Kier molecular flexibility index (Phi) is 7.08. The van der Waals surface area contributed by atoms with Gasteiger partial charge in [0.05, 0.1) is 0 Å². The summed E-state index contributed by atoms with van der Waals surface area (Å²) in [6.07, 6.45) is 4.10. The van der Waals surface area contributed by atoms with Crippen molar-refractivity contribution in [3.63, 3.8) is 0 Å². The second-order valence-electron chi connectivity index (χ2n) is 4.57. The molecule has 0 amide bonds. The number of halogens is 1. The molecule has 0 unspecified atom stereocenters. The lowest BCUT2D eigenvalue weighted by Gasteiger charge is -2.11. The van der Waals surface area contributed by atoms with Gasteiger partial charge in [-0.15, -0.1) is 24.0 Å². The summed E-state index contributed by atoms with van der Waals surface area (Å²) in [6, 6.07) is 10.4. The molecule has 1 aliphatic carbocycles. The normalized spacial score (nSPS) is 14.8. The Bertz CT molecular complexity index is 361. The fourth-order valence-corrected chi connectivity index (χ4v) is 1.80. The third-order valence-corrected chi connectivity index (χ3v) is 3.07. The quantitative estimate of drug-likeness (QED) is 0.482. The van der Waals surface area contributed by atoms with Crippen LogP contribution in [0.3, 0.4) is 0 Å². The van der Waals surface area contributed by atoms with Gasteiger partial charge in [0, 0.05) is 20.1 Å². The van der Waals surface area contributed by atoms with Gasteiger partial charge in [0.1, 0.15) is 0 Å². The fourth-order valence-electron chi connectivity index (χ4n) is 1.80. The van der Waals surface area contributed by atoms with Crippen LogP contribution in [0.5, 0.6) is 0 Å². The minimum Gasteiger partial charge on any atom is -0.356 e. The number of aliphatic imine (C=N–C) groups is 1. The number of benzene rings is 1. The number of guanidine groups is 1. The topological polar surface area (TPSA) is 36.4 Å². The third-order valence-electron chi connectivity index (χ3n) is 3.07. The Labute approximate surface area is 126 Å². The molecule has 4 heteroatoms. The minimum atomic E-state index is 0. The molecule has 0 atom stereocenters. The lowest BCUT2D eigenvalue weighted by atomic mass is 10.2. The highest BCUT2D eigenvalue weighted by Crippen LogP contribution is 2.31. The van der Waals surface area contributed by atoms with Crippen LogP contribution in [0.1, 0.15) is 24.8 Å². The van der Waals surface area contributed by atoms with E-state index in [1.165, 1.54) is 24.8 Å². The van der Waals surface area contributed by atoms with Gasteiger partial charge in [0.2, 0.25) is 0 Å². The molecule has 0 heterocycles. The molecule has 1 aliphatic rings. The second kappa shape index (κ2) is 8.34. The summed E-state index contributed by atoms with van der Waals surface area (Å²) >= 11 is 0. The van der Waals surface area contributed by atoms with Crippen molar-refractivity contribution in [3.05, 3.63) is 35.9 Å². The smallest absolute Gasteiger partial charge is 0.191 e. The maximum absolute atomic E-state index is 4.21. The van der Waals surface area contributed by atoms with Crippen LogP contribution >= 0.6 is 24.0 Å². The van der Waals surface area contributed by atoms with Crippen molar-refractivity contribution in [2.45, 2.75) is 25.8 Å². The monoisotopic (exact) mass is 359 g/mol. The van der Waals surface area contributed by atoms with Crippen molar-refractivity contribution in [1.29, 1.82) is 0 Å². The molecule has 18 heavy (non-hydrogen) atoms. The molecule has 1 aromatic carbocycles. The largest absolute Gasteiger partial charge is 0.356 e. The van der Waals surface area contributed by atoms with Crippen molar-refractivity contribution >= 4 is 29.9 Å². The zero-order chi connectivity index (χ0) is 11.9. The van der Waals surface area contributed by atoms with E-state index >= 15 is 0 Å². The Hall–Kier alpha value is -0.780. The summed E-state index contributed by atoms with van der Waals surface area (Å²) in [6.45, 7) is 1.85. The first-order chi connectivity index (χ1) is 8.38. The van der Waals surface area contributed by atoms with Gasteiger partial charge >= 0.3 is 0 Å². The molecule has 2 N–H and O–H groups in total. The fraction of sp³-hybridized carbons (Fsp3) is 0.500. The zero-order valence-electron chi connectivity index (χ0n) is 10.9. The van der Waals surface area contributed by atoms with Crippen molar-refractivity contribution in [2.75, 3.05) is 13.6 Å². The van der Waals surface area contributed by atoms with Crippen LogP contribution in [0.4, 0.5) is 0 Å². The molecule has 0 aromatic heterocycles. The number of nitrogens with zero attached hydrogens (tertiary/aromatic N) is 1. The van der Waals surface area contributed by atoms with Crippen molar-refractivity contribution in [1.82, 2.24) is 10.6 Å². The average Bonchev–Trinajstić information content (AvgIpc) is 3.19. The first kappa shape index (κ1) is 15.3. The lowest BCUT2D eigenvalue weighted by molar-refractivity contribution is 0.684. The number of hydrogen-bond acceptors (Lipinski definition) is 1. The van der Waals surface area contributed by atoms with Crippen molar-refractivity contribution in [2.24, 2.45) is 10.9 Å². The van der Waals surface area contributed by atoms with Gasteiger partial charge < -0.3 is 10.6 Å². The molecule has 1 fully saturated rings. The summed E-state index contributed by atoms with van der Waals surface area (Å²) in [4.78, 5) is 4.21. The van der Waals surface area contributed by atoms with Gasteiger partial charge in [-0.2, -0.15) is 0 Å². The van der Waals surface area contributed by atoms with E-state index in [9.17, 15) is 0 Å². The second-order valence-corrected chi connectivity index (χ2v) is 4.57. The summed E-state index contributed by atoms with van der Waals surface area (Å²) in [5, 5.41) is 6.67. The highest BCUT2D eigenvalue weighted by atomic mass is 127. The molecule has 2 rings (SSSR count). The Morgan fingerprint density at radius 2 is 1.94 bits per heavy atom. The molecular weight excluding hydrogens is 337 g/mol. The van der Waals surface area contributed by atoms with E-state index < -0.39 is 0 Å². The van der Waals surface area contributed by atoms with Crippen LogP contribution in [0.15, 0.2) is 35.3 Å². The standard InChI is InChI=1S/C14H21N3.HI/c1-15-14(16-10-9-12-7-8-12)17-11-13-5-3-2-4-6-13;/h2-6,12H,7-11H2,1H3,(H2,15,16,17);1H. The van der Waals surface area contributed by atoms with Gasteiger partial charge in [-0.1, -0.05) is 43.2 Å².